The number of carbonyl (C=O) groups is 1. The molecule has 0 unspecified atom stereocenters. The van der Waals surface area contributed by atoms with Crippen LogP contribution in [0.2, 0.25) is 5.02 Å². The van der Waals surface area contributed by atoms with Crippen molar-refractivity contribution >= 4 is 38.2 Å². The molecule has 0 aliphatic heterocycles. The zero-order chi connectivity index (χ0) is 18.9. The molecule has 7 heteroatoms. The maximum Gasteiger partial charge on any atom is 0.345 e. The van der Waals surface area contributed by atoms with E-state index < -0.39 is 15.8 Å². The number of hydrogen-bond acceptors (Lipinski definition) is 5. The van der Waals surface area contributed by atoms with Crippen LogP contribution in [-0.4, -0.2) is 27.8 Å². The molecule has 0 saturated carbocycles. The van der Waals surface area contributed by atoms with Gasteiger partial charge in [-0.3, -0.25) is 0 Å². The van der Waals surface area contributed by atoms with E-state index in [1.807, 2.05) is 24.3 Å². The summed E-state index contributed by atoms with van der Waals surface area (Å²) in [4.78, 5) is 12.4. The third-order valence-electron chi connectivity index (χ3n) is 3.82. The van der Waals surface area contributed by atoms with Crippen LogP contribution in [0, 0.1) is 0 Å². The van der Waals surface area contributed by atoms with Crippen molar-refractivity contribution in [1.29, 1.82) is 0 Å². The zero-order valence-electron chi connectivity index (χ0n) is 14.0. The molecule has 0 aliphatic carbocycles. The minimum atomic E-state index is -3.47. The third kappa shape index (κ3) is 3.81. The first kappa shape index (κ1) is 18.2. The van der Waals surface area contributed by atoms with Crippen molar-refractivity contribution in [3.8, 4) is 11.5 Å². The van der Waals surface area contributed by atoms with Gasteiger partial charge in [-0.2, -0.15) is 0 Å². The molecule has 0 bridgehead atoms. The van der Waals surface area contributed by atoms with E-state index in [1.165, 1.54) is 18.2 Å². The van der Waals surface area contributed by atoms with Crippen LogP contribution in [0.4, 0.5) is 0 Å². The minimum absolute atomic E-state index is 0.00269. The fourth-order valence-electron chi connectivity index (χ4n) is 2.45. The normalized spacial score (nSPS) is 11.3. The van der Waals surface area contributed by atoms with E-state index in [9.17, 15) is 13.2 Å². The number of methoxy groups -OCH3 is 1. The van der Waals surface area contributed by atoms with E-state index in [4.69, 9.17) is 21.1 Å². The highest BCUT2D eigenvalue weighted by atomic mass is 35.5. The molecule has 134 valence electrons. The fourth-order valence-corrected chi connectivity index (χ4v) is 3.29. The average molecular weight is 391 g/mol. The van der Waals surface area contributed by atoms with Gasteiger partial charge in [0.2, 0.25) is 0 Å². The number of carbonyl (C=O) groups excluding carboxylic acids is 1. The molecule has 0 heterocycles. The number of rotatable bonds is 4. The summed E-state index contributed by atoms with van der Waals surface area (Å²) in [6.45, 7) is 0. The largest absolute Gasteiger partial charge is 0.497 e. The summed E-state index contributed by atoms with van der Waals surface area (Å²) in [6.07, 6.45) is 1.06. The van der Waals surface area contributed by atoms with Crippen molar-refractivity contribution in [2.45, 2.75) is 4.90 Å². The Bertz CT molecular complexity index is 1110. The van der Waals surface area contributed by atoms with Crippen molar-refractivity contribution in [2.24, 2.45) is 0 Å². The number of fused-ring (bicyclic) bond motifs is 1. The molecule has 3 aromatic carbocycles. The quantitative estimate of drug-likeness (QED) is 0.495. The molecule has 0 spiro atoms. The highest BCUT2D eigenvalue weighted by Gasteiger charge is 2.17. The Labute approximate surface area is 156 Å². The standard InChI is InChI=1S/C19H15ClO5S/c1-24-14-5-3-12-4-6-15(10-13(12)9-14)25-19(21)17-11-16(26(2,22)23)7-8-18(17)20/h3-11H,1-2H3. The summed E-state index contributed by atoms with van der Waals surface area (Å²) in [7, 11) is -1.89. The van der Waals surface area contributed by atoms with Crippen LogP contribution in [0.5, 0.6) is 11.5 Å². The van der Waals surface area contributed by atoms with Gasteiger partial charge in [-0.05, 0) is 53.2 Å². The maximum absolute atomic E-state index is 12.4. The van der Waals surface area contributed by atoms with Gasteiger partial charge in [-0.15, -0.1) is 0 Å². The third-order valence-corrected chi connectivity index (χ3v) is 5.26. The highest BCUT2D eigenvalue weighted by molar-refractivity contribution is 7.90. The molecule has 3 rings (SSSR count). The molecule has 26 heavy (non-hydrogen) atoms. The van der Waals surface area contributed by atoms with Crippen LogP contribution >= 0.6 is 11.6 Å². The van der Waals surface area contributed by atoms with E-state index in [0.29, 0.717) is 11.5 Å². The first-order valence-electron chi connectivity index (χ1n) is 7.57. The Morgan fingerprint density at radius 1 is 0.923 bits per heavy atom. The Balaban J connectivity index is 1.94. The number of hydrogen-bond donors (Lipinski definition) is 0. The second-order valence-electron chi connectivity index (χ2n) is 5.68. The molecule has 0 N–H and O–H groups in total. The van der Waals surface area contributed by atoms with Crippen molar-refractivity contribution in [3.63, 3.8) is 0 Å². The first-order chi connectivity index (χ1) is 12.3. The van der Waals surface area contributed by atoms with Gasteiger partial charge in [-0.1, -0.05) is 23.7 Å². The van der Waals surface area contributed by atoms with Crippen LogP contribution in [-0.2, 0) is 9.84 Å². The Morgan fingerprint density at radius 3 is 2.23 bits per heavy atom. The van der Waals surface area contributed by atoms with Gasteiger partial charge in [0.15, 0.2) is 9.84 Å². The first-order valence-corrected chi connectivity index (χ1v) is 9.84. The number of esters is 1. The molecule has 0 radical (unpaired) electrons. The smallest absolute Gasteiger partial charge is 0.345 e. The summed E-state index contributed by atoms with van der Waals surface area (Å²) in [5, 5.41) is 1.91. The van der Waals surface area contributed by atoms with Gasteiger partial charge in [0.05, 0.1) is 22.6 Å². The molecule has 0 saturated heterocycles. The number of sulfone groups is 1. The molecule has 0 fully saturated rings. The van der Waals surface area contributed by atoms with Gasteiger partial charge >= 0.3 is 5.97 Å². The van der Waals surface area contributed by atoms with Gasteiger partial charge in [-0.25, -0.2) is 13.2 Å². The van der Waals surface area contributed by atoms with Crippen molar-refractivity contribution < 1.29 is 22.7 Å². The van der Waals surface area contributed by atoms with Crippen LogP contribution in [0.15, 0.2) is 59.5 Å². The van der Waals surface area contributed by atoms with Gasteiger partial charge in [0, 0.05) is 6.26 Å². The SMILES string of the molecule is COc1ccc2ccc(OC(=O)c3cc(S(C)(=O)=O)ccc3Cl)cc2c1. The summed E-state index contributed by atoms with van der Waals surface area (Å²) >= 11 is 6.03. The summed E-state index contributed by atoms with van der Waals surface area (Å²) in [5.41, 5.74) is -0.0136. The number of ether oxygens (including phenoxy) is 2. The lowest BCUT2D eigenvalue weighted by molar-refractivity contribution is 0.0735. The topological polar surface area (TPSA) is 69.7 Å². The highest BCUT2D eigenvalue weighted by Crippen LogP contribution is 2.27. The predicted octanol–water partition coefficient (Wildman–Crippen LogP) is 4.12. The summed E-state index contributed by atoms with van der Waals surface area (Å²) < 4.78 is 33.9. The van der Waals surface area contributed by atoms with Crippen LogP contribution in [0.25, 0.3) is 10.8 Å². The van der Waals surface area contributed by atoms with Gasteiger partial charge in [0.25, 0.3) is 0 Å². The van der Waals surface area contributed by atoms with E-state index in [0.717, 1.165) is 17.0 Å². The second kappa shape index (κ2) is 6.97. The average Bonchev–Trinajstić information content (AvgIpc) is 2.60. The fraction of sp³-hybridized carbons (Fsp3) is 0.105. The van der Waals surface area contributed by atoms with Crippen LogP contribution in [0.1, 0.15) is 10.4 Å². The Morgan fingerprint density at radius 2 is 1.58 bits per heavy atom. The molecular weight excluding hydrogens is 376 g/mol. The lowest BCUT2D eigenvalue weighted by Crippen LogP contribution is -2.10. The maximum atomic E-state index is 12.4. The number of halogens is 1. The molecule has 0 amide bonds. The zero-order valence-corrected chi connectivity index (χ0v) is 15.6. The molecule has 0 aromatic heterocycles. The monoisotopic (exact) mass is 390 g/mol. The molecule has 0 aliphatic rings. The van der Waals surface area contributed by atoms with Crippen molar-refractivity contribution in [3.05, 3.63) is 65.2 Å². The van der Waals surface area contributed by atoms with E-state index in [-0.39, 0.29) is 15.5 Å². The van der Waals surface area contributed by atoms with Gasteiger partial charge in [0.1, 0.15) is 11.5 Å². The molecular formula is C19H15ClO5S. The minimum Gasteiger partial charge on any atom is -0.497 e. The van der Waals surface area contributed by atoms with Crippen molar-refractivity contribution in [1.82, 2.24) is 0 Å². The van der Waals surface area contributed by atoms with Gasteiger partial charge < -0.3 is 9.47 Å². The lowest BCUT2D eigenvalue weighted by atomic mass is 10.1. The van der Waals surface area contributed by atoms with E-state index in [2.05, 4.69) is 0 Å². The predicted molar refractivity (Wildman–Crippen MR) is 100 cm³/mol. The Kier molecular flexibility index (Phi) is 4.89. The van der Waals surface area contributed by atoms with E-state index in [1.54, 1.807) is 19.2 Å². The summed E-state index contributed by atoms with van der Waals surface area (Å²) in [6, 6.07) is 14.6. The molecule has 3 aromatic rings. The van der Waals surface area contributed by atoms with Crippen LogP contribution in [0.3, 0.4) is 0 Å². The Hall–Kier alpha value is -2.57. The summed E-state index contributed by atoms with van der Waals surface area (Å²) in [5.74, 6) is 0.268. The van der Waals surface area contributed by atoms with E-state index >= 15 is 0 Å². The lowest BCUT2D eigenvalue weighted by Gasteiger charge is -2.09. The second-order valence-corrected chi connectivity index (χ2v) is 8.10. The number of benzene rings is 3. The molecule has 5 nitrogen and oxygen atoms in total. The van der Waals surface area contributed by atoms with Crippen molar-refractivity contribution in [2.75, 3.05) is 13.4 Å². The van der Waals surface area contributed by atoms with Crippen LogP contribution < -0.4 is 9.47 Å². The molecule has 0 atom stereocenters.